The molecule has 2 heterocycles. The molecule has 2 aromatic heterocycles. The summed E-state index contributed by atoms with van der Waals surface area (Å²) in [5.74, 6) is 0. The number of anilines is 1. The molecule has 0 aliphatic carbocycles. The molecule has 0 amide bonds. The molecule has 0 unspecified atom stereocenters. The minimum atomic E-state index is -0.394. The summed E-state index contributed by atoms with van der Waals surface area (Å²) in [6.45, 7) is 6.17. The van der Waals surface area contributed by atoms with Crippen molar-refractivity contribution in [1.29, 1.82) is 0 Å². The van der Waals surface area contributed by atoms with Crippen molar-refractivity contribution in [3.8, 4) is 5.69 Å². The van der Waals surface area contributed by atoms with Gasteiger partial charge in [0.2, 0.25) is 0 Å². The molecule has 0 atom stereocenters. The Balaban J connectivity index is 1.75. The molecular weight excluding hydrogens is 366 g/mol. The summed E-state index contributed by atoms with van der Waals surface area (Å²) in [7, 11) is 1.85. The zero-order chi connectivity index (χ0) is 20.7. The molecule has 0 saturated heterocycles. The maximum atomic E-state index is 13.1. The molecule has 0 saturated carbocycles. The van der Waals surface area contributed by atoms with Gasteiger partial charge in [0.25, 0.3) is 5.56 Å². The fourth-order valence-electron chi connectivity index (χ4n) is 3.63. The first kappa shape index (κ1) is 18.8. The first-order valence-electron chi connectivity index (χ1n) is 9.49. The SMILES string of the molecule is Cc1ccc2c(CNc3c(C)n(C)n(-c4ccccc4)c3=O)cc(=O)oc2c1C. The monoisotopic (exact) mass is 389 g/mol. The summed E-state index contributed by atoms with van der Waals surface area (Å²) in [5, 5.41) is 4.12. The molecule has 6 heteroatoms. The van der Waals surface area contributed by atoms with Gasteiger partial charge in [0.1, 0.15) is 11.3 Å². The van der Waals surface area contributed by atoms with Crippen molar-refractivity contribution in [3.63, 3.8) is 0 Å². The summed E-state index contributed by atoms with van der Waals surface area (Å²) in [4.78, 5) is 25.2. The van der Waals surface area contributed by atoms with Crippen molar-refractivity contribution in [2.75, 3.05) is 5.32 Å². The first-order valence-corrected chi connectivity index (χ1v) is 9.49. The van der Waals surface area contributed by atoms with Crippen molar-refractivity contribution in [2.24, 2.45) is 7.05 Å². The predicted octanol–water partition coefficient (Wildman–Crippen LogP) is 3.82. The number of rotatable bonds is 4. The van der Waals surface area contributed by atoms with Crippen LogP contribution in [0, 0.1) is 20.8 Å². The van der Waals surface area contributed by atoms with E-state index >= 15 is 0 Å². The third-order valence-electron chi connectivity index (χ3n) is 5.53. The fourth-order valence-corrected chi connectivity index (χ4v) is 3.63. The normalized spacial score (nSPS) is 11.2. The number of fused-ring (bicyclic) bond motifs is 1. The molecule has 0 bridgehead atoms. The van der Waals surface area contributed by atoms with Crippen LogP contribution in [0.4, 0.5) is 5.69 Å². The van der Waals surface area contributed by atoms with E-state index in [4.69, 9.17) is 4.42 Å². The summed E-state index contributed by atoms with van der Waals surface area (Å²) in [5.41, 5.74) is 5.02. The van der Waals surface area contributed by atoms with Gasteiger partial charge in [-0.2, -0.15) is 0 Å². The van der Waals surface area contributed by atoms with Crippen LogP contribution < -0.4 is 16.5 Å². The molecule has 148 valence electrons. The van der Waals surface area contributed by atoms with E-state index < -0.39 is 5.63 Å². The van der Waals surface area contributed by atoms with Gasteiger partial charge in [0.15, 0.2) is 0 Å². The molecule has 4 aromatic rings. The number of benzene rings is 2. The van der Waals surface area contributed by atoms with Crippen molar-refractivity contribution >= 4 is 16.7 Å². The van der Waals surface area contributed by atoms with E-state index in [-0.39, 0.29) is 5.56 Å². The Bertz CT molecular complexity index is 1330. The maximum Gasteiger partial charge on any atom is 0.336 e. The van der Waals surface area contributed by atoms with Crippen LogP contribution in [-0.4, -0.2) is 9.36 Å². The molecule has 6 nitrogen and oxygen atoms in total. The van der Waals surface area contributed by atoms with Crippen LogP contribution in [-0.2, 0) is 13.6 Å². The second-order valence-electron chi connectivity index (χ2n) is 7.26. The van der Waals surface area contributed by atoms with Crippen LogP contribution in [0.3, 0.4) is 0 Å². The number of aryl methyl sites for hydroxylation is 2. The molecule has 0 aliphatic heterocycles. The minimum Gasteiger partial charge on any atom is -0.422 e. The molecule has 1 N–H and O–H groups in total. The number of para-hydroxylation sites is 1. The maximum absolute atomic E-state index is 13.1. The Hall–Kier alpha value is -3.54. The molecule has 4 rings (SSSR count). The number of nitrogens with one attached hydrogen (secondary N) is 1. The van der Waals surface area contributed by atoms with Crippen LogP contribution in [0.2, 0.25) is 0 Å². The van der Waals surface area contributed by atoms with Crippen molar-refractivity contribution in [2.45, 2.75) is 27.3 Å². The lowest BCUT2D eigenvalue weighted by Gasteiger charge is -2.10. The number of hydrogen-bond donors (Lipinski definition) is 1. The Labute approximate surface area is 168 Å². The topological polar surface area (TPSA) is 69.2 Å². The van der Waals surface area contributed by atoms with Gasteiger partial charge in [-0.25, -0.2) is 9.48 Å². The molecule has 0 spiro atoms. The lowest BCUT2D eigenvalue weighted by Crippen LogP contribution is -2.21. The lowest BCUT2D eigenvalue weighted by molar-refractivity contribution is 0.556. The number of aromatic nitrogens is 2. The second kappa shape index (κ2) is 7.13. The molecular formula is C23H23N3O3. The molecule has 29 heavy (non-hydrogen) atoms. The number of hydrogen-bond acceptors (Lipinski definition) is 4. The van der Waals surface area contributed by atoms with Gasteiger partial charge in [-0.05, 0) is 49.6 Å². The van der Waals surface area contributed by atoms with Crippen molar-refractivity contribution in [3.05, 3.63) is 91.7 Å². The van der Waals surface area contributed by atoms with Crippen LogP contribution in [0.1, 0.15) is 22.4 Å². The van der Waals surface area contributed by atoms with Crippen molar-refractivity contribution < 1.29 is 4.42 Å². The molecule has 0 radical (unpaired) electrons. The van der Waals surface area contributed by atoms with Crippen LogP contribution in [0.15, 0.2) is 62.5 Å². The van der Waals surface area contributed by atoms with E-state index in [1.54, 1.807) is 4.68 Å². The third kappa shape index (κ3) is 3.16. The first-order chi connectivity index (χ1) is 13.9. The zero-order valence-electron chi connectivity index (χ0n) is 16.9. The van der Waals surface area contributed by atoms with Gasteiger partial charge < -0.3 is 9.73 Å². The molecule has 0 aliphatic rings. The highest BCUT2D eigenvalue weighted by molar-refractivity contribution is 5.84. The van der Waals surface area contributed by atoms with Crippen molar-refractivity contribution in [1.82, 2.24) is 9.36 Å². The second-order valence-corrected chi connectivity index (χ2v) is 7.26. The van der Waals surface area contributed by atoms with Crippen LogP contribution in [0.25, 0.3) is 16.7 Å². The molecule has 2 aromatic carbocycles. The number of nitrogens with zero attached hydrogens (tertiary/aromatic N) is 2. The fraction of sp³-hybridized carbons (Fsp3) is 0.217. The lowest BCUT2D eigenvalue weighted by atomic mass is 10.0. The van der Waals surface area contributed by atoms with E-state index in [0.717, 1.165) is 33.5 Å². The highest BCUT2D eigenvalue weighted by Crippen LogP contribution is 2.24. The Kier molecular flexibility index (Phi) is 4.62. The van der Waals surface area contributed by atoms with Crippen LogP contribution in [0.5, 0.6) is 0 Å². The third-order valence-corrected chi connectivity index (χ3v) is 5.53. The summed E-state index contributed by atoms with van der Waals surface area (Å²) >= 11 is 0. The Morgan fingerprint density at radius 2 is 1.72 bits per heavy atom. The average molecular weight is 389 g/mol. The van der Waals surface area contributed by atoms with E-state index in [2.05, 4.69) is 5.32 Å². The highest BCUT2D eigenvalue weighted by Gasteiger charge is 2.17. The summed E-state index contributed by atoms with van der Waals surface area (Å²) in [6.07, 6.45) is 0. The Morgan fingerprint density at radius 1 is 1.00 bits per heavy atom. The van der Waals surface area contributed by atoms with Gasteiger partial charge in [-0.15, -0.1) is 0 Å². The van der Waals surface area contributed by atoms with Gasteiger partial charge in [-0.3, -0.25) is 9.48 Å². The minimum absolute atomic E-state index is 0.129. The van der Waals surface area contributed by atoms with Gasteiger partial charge in [0.05, 0.1) is 11.4 Å². The highest BCUT2D eigenvalue weighted by atomic mass is 16.4. The predicted molar refractivity (Wildman–Crippen MR) is 115 cm³/mol. The van der Waals surface area contributed by atoms with E-state index in [9.17, 15) is 9.59 Å². The van der Waals surface area contributed by atoms with Crippen LogP contribution >= 0.6 is 0 Å². The zero-order valence-corrected chi connectivity index (χ0v) is 16.9. The smallest absolute Gasteiger partial charge is 0.336 e. The Morgan fingerprint density at radius 3 is 2.45 bits per heavy atom. The van der Waals surface area contributed by atoms with E-state index in [1.807, 2.05) is 75.0 Å². The van der Waals surface area contributed by atoms with Gasteiger partial charge in [0, 0.05) is 25.0 Å². The van der Waals surface area contributed by atoms with E-state index in [0.29, 0.717) is 17.8 Å². The largest absolute Gasteiger partial charge is 0.422 e. The van der Waals surface area contributed by atoms with E-state index in [1.165, 1.54) is 6.07 Å². The molecule has 0 fully saturated rings. The standard InChI is InChI=1S/C23H23N3O3/c1-14-10-11-19-17(12-20(27)29-22(19)15(14)2)13-24-21-16(3)25(4)26(23(21)28)18-8-6-5-7-9-18/h5-12,24H,13H2,1-4H3. The quantitative estimate of drug-likeness (QED) is 0.539. The van der Waals surface area contributed by atoms with Gasteiger partial charge in [-0.1, -0.05) is 30.3 Å². The van der Waals surface area contributed by atoms with Gasteiger partial charge >= 0.3 is 5.63 Å². The summed E-state index contributed by atoms with van der Waals surface area (Å²) < 4.78 is 8.89. The average Bonchev–Trinajstić information content (AvgIpc) is 2.92. The summed E-state index contributed by atoms with van der Waals surface area (Å²) in [6, 6.07) is 15.0.